The number of carbonyl (C=O) groups excluding carboxylic acids is 1. The van der Waals surface area contributed by atoms with Crippen LogP contribution in [0.5, 0.6) is 0 Å². The number of para-hydroxylation sites is 1. The first-order valence-electron chi connectivity index (χ1n) is 7.99. The SMILES string of the molecule is CCc1nc(-c2ccccc2NC(=O)c2ccn3ccnc3c2)n[nH]1. The van der Waals surface area contributed by atoms with Crippen LogP contribution in [0.4, 0.5) is 5.69 Å². The van der Waals surface area contributed by atoms with Crippen LogP contribution in [-0.4, -0.2) is 30.5 Å². The van der Waals surface area contributed by atoms with Crippen molar-refractivity contribution in [2.45, 2.75) is 13.3 Å². The third-order valence-corrected chi connectivity index (χ3v) is 3.94. The fourth-order valence-electron chi connectivity index (χ4n) is 2.61. The summed E-state index contributed by atoms with van der Waals surface area (Å²) in [5.74, 6) is 1.17. The molecule has 2 N–H and O–H groups in total. The molecule has 0 spiro atoms. The number of hydrogen-bond donors (Lipinski definition) is 2. The molecule has 4 rings (SSSR count). The van der Waals surface area contributed by atoms with Gasteiger partial charge in [-0.3, -0.25) is 9.89 Å². The standard InChI is InChI=1S/C18H16N6O/c1-2-15-21-17(23-22-15)13-5-3-4-6-14(13)20-18(25)12-7-9-24-10-8-19-16(24)11-12/h3-11H,2H2,1H3,(H,20,25)(H,21,22,23). The summed E-state index contributed by atoms with van der Waals surface area (Å²) in [5, 5.41) is 10.1. The zero-order chi connectivity index (χ0) is 17.2. The van der Waals surface area contributed by atoms with Crippen molar-refractivity contribution in [3.8, 4) is 11.4 Å². The number of aromatic amines is 1. The van der Waals surface area contributed by atoms with E-state index in [0.717, 1.165) is 23.5 Å². The summed E-state index contributed by atoms with van der Waals surface area (Å²) in [6, 6.07) is 11.0. The summed E-state index contributed by atoms with van der Waals surface area (Å²) in [4.78, 5) is 21.3. The van der Waals surface area contributed by atoms with Gasteiger partial charge in [0.25, 0.3) is 5.91 Å². The van der Waals surface area contributed by atoms with Crippen LogP contribution in [0.15, 0.2) is 55.0 Å². The molecule has 0 fully saturated rings. The number of carbonyl (C=O) groups is 1. The van der Waals surface area contributed by atoms with Gasteiger partial charge in [-0.2, -0.15) is 5.10 Å². The normalized spacial score (nSPS) is 10.9. The maximum atomic E-state index is 12.6. The second-order valence-electron chi connectivity index (χ2n) is 5.57. The Labute approximate surface area is 143 Å². The van der Waals surface area contributed by atoms with E-state index < -0.39 is 0 Å². The second kappa shape index (κ2) is 6.20. The summed E-state index contributed by atoms with van der Waals surface area (Å²) in [7, 11) is 0. The van der Waals surface area contributed by atoms with Gasteiger partial charge in [0.15, 0.2) is 5.82 Å². The Morgan fingerprint density at radius 2 is 2.12 bits per heavy atom. The van der Waals surface area contributed by atoms with Crippen molar-refractivity contribution in [3.63, 3.8) is 0 Å². The lowest BCUT2D eigenvalue weighted by molar-refractivity contribution is 0.102. The number of nitrogens with one attached hydrogen (secondary N) is 2. The van der Waals surface area contributed by atoms with Crippen molar-refractivity contribution < 1.29 is 4.79 Å². The van der Waals surface area contributed by atoms with Crippen LogP contribution in [0.25, 0.3) is 17.0 Å². The summed E-state index contributed by atoms with van der Waals surface area (Å²) >= 11 is 0. The molecule has 0 aliphatic heterocycles. The molecule has 1 aromatic carbocycles. The summed E-state index contributed by atoms with van der Waals surface area (Å²) in [5.41, 5.74) is 2.70. The Hall–Kier alpha value is -3.48. The number of hydrogen-bond acceptors (Lipinski definition) is 4. The summed E-state index contributed by atoms with van der Waals surface area (Å²) in [6.07, 6.45) is 6.11. The topological polar surface area (TPSA) is 88.0 Å². The van der Waals surface area contributed by atoms with Crippen LogP contribution in [0.2, 0.25) is 0 Å². The first-order chi connectivity index (χ1) is 12.2. The number of rotatable bonds is 4. The Kier molecular flexibility index (Phi) is 3.74. The molecular weight excluding hydrogens is 316 g/mol. The number of imidazole rings is 1. The number of fused-ring (bicyclic) bond motifs is 1. The van der Waals surface area contributed by atoms with Gasteiger partial charge in [-0.1, -0.05) is 19.1 Å². The van der Waals surface area contributed by atoms with E-state index in [4.69, 9.17) is 0 Å². The first kappa shape index (κ1) is 15.1. The fraction of sp³-hybridized carbons (Fsp3) is 0.111. The van der Waals surface area contributed by atoms with Crippen LogP contribution < -0.4 is 5.32 Å². The number of amides is 1. The molecule has 0 saturated heterocycles. The molecule has 3 heterocycles. The van der Waals surface area contributed by atoms with E-state index in [2.05, 4.69) is 25.5 Å². The predicted molar refractivity (Wildman–Crippen MR) is 94.3 cm³/mol. The van der Waals surface area contributed by atoms with Crippen LogP contribution in [0.3, 0.4) is 0 Å². The van der Waals surface area contributed by atoms with Crippen molar-refractivity contribution in [1.29, 1.82) is 0 Å². The van der Waals surface area contributed by atoms with Crippen molar-refractivity contribution in [3.05, 3.63) is 66.4 Å². The molecule has 0 atom stereocenters. The van der Waals surface area contributed by atoms with E-state index in [1.165, 1.54) is 0 Å². The molecule has 3 aromatic heterocycles. The highest BCUT2D eigenvalue weighted by Gasteiger charge is 2.13. The minimum atomic E-state index is -0.204. The molecule has 4 aromatic rings. The van der Waals surface area contributed by atoms with E-state index in [1.807, 2.05) is 48.0 Å². The highest BCUT2D eigenvalue weighted by Crippen LogP contribution is 2.25. The minimum absolute atomic E-state index is 0.204. The molecular formula is C18H16N6O. The average Bonchev–Trinajstić information content (AvgIpc) is 3.30. The maximum Gasteiger partial charge on any atom is 0.255 e. The number of pyridine rings is 1. The first-order valence-corrected chi connectivity index (χ1v) is 7.99. The largest absolute Gasteiger partial charge is 0.321 e. The lowest BCUT2D eigenvalue weighted by Gasteiger charge is -2.09. The Morgan fingerprint density at radius 3 is 2.96 bits per heavy atom. The number of aryl methyl sites for hydroxylation is 1. The summed E-state index contributed by atoms with van der Waals surface area (Å²) in [6.45, 7) is 2.00. The molecule has 0 aliphatic rings. The summed E-state index contributed by atoms with van der Waals surface area (Å²) < 4.78 is 1.85. The predicted octanol–water partition coefficient (Wildman–Crippen LogP) is 2.93. The fourth-order valence-corrected chi connectivity index (χ4v) is 2.61. The molecule has 0 aliphatic carbocycles. The highest BCUT2D eigenvalue weighted by molar-refractivity contribution is 6.06. The average molecular weight is 332 g/mol. The highest BCUT2D eigenvalue weighted by atomic mass is 16.1. The van der Waals surface area contributed by atoms with Gasteiger partial charge < -0.3 is 9.72 Å². The van der Waals surface area contributed by atoms with Gasteiger partial charge in [0.05, 0.1) is 5.69 Å². The third-order valence-electron chi connectivity index (χ3n) is 3.94. The van der Waals surface area contributed by atoms with Crippen molar-refractivity contribution >= 4 is 17.2 Å². The van der Waals surface area contributed by atoms with Gasteiger partial charge >= 0.3 is 0 Å². The lowest BCUT2D eigenvalue weighted by Crippen LogP contribution is -2.13. The Bertz CT molecular complexity index is 1050. The number of aromatic nitrogens is 5. The Balaban J connectivity index is 1.65. The van der Waals surface area contributed by atoms with Gasteiger partial charge in [0.1, 0.15) is 11.5 Å². The lowest BCUT2D eigenvalue weighted by atomic mass is 10.1. The zero-order valence-corrected chi connectivity index (χ0v) is 13.6. The molecule has 0 radical (unpaired) electrons. The molecule has 25 heavy (non-hydrogen) atoms. The Morgan fingerprint density at radius 1 is 1.24 bits per heavy atom. The number of H-pyrrole nitrogens is 1. The molecule has 0 unspecified atom stereocenters. The molecule has 124 valence electrons. The third kappa shape index (κ3) is 2.87. The van der Waals surface area contributed by atoms with Gasteiger partial charge in [-0.05, 0) is 24.3 Å². The van der Waals surface area contributed by atoms with E-state index in [1.54, 1.807) is 18.3 Å². The van der Waals surface area contributed by atoms with Gasteiger partial charge in [0, 0.05) is 36.1 Å². The van der Waals surface area contributed by atoms with Crippen LogP contribution in [0.1, 0.15) is 23.1 Å². The molecule has 1 amide bonds. The van der Waals surface area contributed by atoms with Crippen molar-refractivity contribution in [2.75, 3.05) is 5.32 Å². The van der Waals surface area contributed by atoms with Crippen molar-refractivity contribution in [1.82, 2.24) is 24.6 Å². The molecule has 0 saturated carbocycles. The monoisotopic (exact) mass is 332 g/mol. The maximum absolute atomic E-state index is 12.6. The van der Waals surface area contributed by atoms with E-state index >= 15 is 0 Å². The quantitative estimate of drug-likeness (QED) is 0.601. The van der Waals surface area contributed by atoms with E-state index in [0.29, 0.717) is 17.1 Å². The number of anilines is 1. The van der Waals surface area contributed by atoms with E-state index in [-0.39, 0.29) is 5.91 Å². The van der Waals surface area contributed by atoms with Gasteiger partial charge in [-0.25, -0.2) is 9.97 Å². The zero-order valence-electron chi connectivity index (χ0n) is 13.6. The minimum Gasteiger partial charge on any atom is -0.321 e. The number of nitrogens with zero attached hydrogens (tertiary/aromatic N) is 4. The van der Waals surface area contributed by atoms with Gasteiger partial charge in [-0.15, -0.1) is 0 Å². The molecule has 0 bridgehead atoms. The van der Waals surface area contributed by atoms with E-state index in [9.17, 15) is 4.79 Å². The smallest absolute Gasteiger partial charge is 0.255 e. The molecule has 7 heteroatoms. The van der Waals surface area contributed by atoms with Crippen LogP contribution in [-0.2, 0) is 6.42 Å². The van der Waals surface area contributed by atoms with Crippen LogP contribution >= 0.6 is 0 Å². The second-order valence-corrected chi connectivity index (χ2v) is 5.57. The molecule has 7 nitrogen and oxygen atoms in total. The number of benzene rings is 1. The van der Waals surface area contributed by atoms with Crippen LogP contribution in [0, 0.1) is 0 Å². The van der Waals surface area contributed by atoms with Crippen molar-refractivity contribution in [2.24, 2.45) is 0 Å². The van der Waals surface area contributed by atoms with Gasteiger partial charge in [0.2, 0.25) is 0 Å².